The van der Waals surface area contributed by atoms with Crippen LogP contribution in [0.1, 0.15) is 24.7 Å². The topological polar surface area (TPSA) is 72.2 Å². The van der Waals surface area contributed by atoms with E-state index in [1.54, 1.807) is 25.6 Å². The van der Waals surface area contributed by atoms with Crippen molar-refractivity contribution in [3.63, 3.8) is 0 Å². The SMILES string of the molecule is CCC(C(=O)O)S(=O)Cc1c(Cl)c(C)nn1C. The van der Waals surface area contributed by atoms with Crippen LogP contribution in [-0.2, 0) is 28.4 Å². The van der Waals surface area contributed by atoms with Crippen LogP contribution >= 0.6 is 11.6 Å². The molecule has 1 aromatic rings. The zero-order chi connectivity index (χ0) is 13.2. The molecule has 1 rings (SSSR count). The first-order valence-electron chi connectivity index (χ1n) is 5.16. The third-order valence-electron chi connectivity index (χ3n) is 2.50. The second kappa shape index (κ2) is 5.64. The first kappa shape index (κ1) is 14.2. The van der Waals surface area contributed by atoms with Crippen LogP contribution in [0.15, 0.2) is 0 Å². The van der Waals surface area contributed by atoms with E-state index in [9.17, 15) is 9.00 Å². The van der Waals surface area contributed by atoms with Gasteiger partial charge in [0.25, 0.3) is 0 Å². The Kier molecular flexibility index (Phi) is 4.70. The summed E-state index contributed by atoms with van der Waals surface area (Å²) in [6.07, 6.45) is 0.330. The van der Waals surface area contributed by atoms with E-state index in [0.717, 1.165) is 0 Å². The fourth-order valence-corrected chi connectivity index (χ4v) is 3.25. The number of hydrogen-bond donors (Lipinski definition) is 1. The minimum absolute atomic E-state index is 0.112. The van der Waals surface area contributed by atoms with Gasteiger partial charge in [-0.25, -0.2) is 0 Å². The van der Waals surface area contributed by atoms with E-state index in [2.05, 4.69) is 5.10 Å². The zero-order valence-corrected chi connectivity index (χ0v) is 11.5. The molecule has 0 spiro atoms. The summed E-state index contributed by atoms with van der Waals surface area (Å²) in [7, 11) is 0.211. The molecule has 17 heavy (non-hydrogen) atoms. The normalized spacial score (nSPS) is 14.6. The Hall–Kier alpha value is -0.880. The molecular formula is C10H15ClN2O3S. The van der Waals surface area contributed by atoms with Crippen molar-refractivity contribution in [1.29, 1.82) is 0 Å². The Balaban J connectivity index is 2.91. The maximum atomic E-state index is 11.9. The third kappa shape index (κ3) is 3.07. The van der Waals surface area contributed by atoms with Gasteiger partial charge in [-0.15, -0.1) is 0 Å². The van der Waals surface area contributed by atoms with Crippen LogP contribution < -0.4 is 0 Å². The van der Waals surface area contributed by atoms with Crippen LogP contribution in [0.4, 0.5) is 0 Å². The minimum atomic E-state index is -1.49. The van der Waals surface area contributed by atoms with Gasteiger partial charge in [0.2, 0.25) is 0 Å². The van der Waals surface area contributed by atoms with Crippen molar-refractivity contribution in [2.24, 2.45) is 7.05 Å². The summed E-state index contributed by atoms with van der Waals surface area (Å²) < 4.78 is 13.5. The van der Waals surface area contributed by atoms with Crippen molar-refractivity contribution in [1.82, 2.24) is 9.78 Å². The molecule has 0 aliphatic carbocycles. The predicted molar refractivity (Wildman–Crippen MR) is 66.5 cm³/mol. The molecule has 1 heterocycles. The van der Waals surface area contributed by atoms with Crippen LogP contribution in [0.3, 0.4) is 0 Å². The van der Waals surface area contributed by atoms with Gasteiger partial charge in [0.15, 0.2) is 0 Å². The fourth-order valence-electron chi connectivity index (χ4n) is 1.55. The Morgan fingerprint density at radius 2 is 2.24 bits per heavy atom. The van der Waals surface area contributed by atoms with Gasteiger partial charge in [-0.2, -0.15) is 5.10 Å². The van der Waals surface area contributed by atoms with Gasteiger partial charge in [-0.05, 0) is 13.3 Å². The number of aryl methyl sites for hydroxylation is 2. The summed E-state index contributed by atoms with van der Waals surface area (Å²) in [4.78, 5) is 10.9. The molecule has 0 aliphatic heterocycles. The Bertz CT molecular complexity index is 459. The summed E-state index contributed by atoms with van der Waals surface area (Å²) >= 11 is 6.02. The van der Waals surface area contributed by atoms with Crippen LogP contribution in [0.25, 0.3) is 0 Å². The Morgan fingerprint density at radius 1 is 1.65 bits per heavy atom. The molecule has 0 fully saturated rings. The molecule has 2 unspecified atom stereocenters. The highest BCUT2D eigenvalue weighted by Gasteiger charge is 2.25. The predicted octanol–water partition coefficient (Wildman–Crippen LogP) is 1.49. The van der Waals surface area contributed by atoms with Crippen LogP contribution in [0.2, 0.25) is 5.02 Å². The van der Waals surface area contributed by atoms with Gasteiger partial charge in [0.05, 0.1) is 22.2 Å². The number of nitrogens with zero attached hydrogens (tertiary/aromatic N) is 2. The van der Waals surface area contributed by atoms with E-state index in [0.29, 0.717) is 22.8 Å². The molecule has 1 aromatic heterocycles. The monoisotopic (exact) mass is 278 g/mol. The molecule has 0 bridgehead atoms. The zero-order valence-electron chi connectivity index (χ0n) is 9.94. The van der Waals surface area contributed by atoms with E-state index < -0.39 is 22.0 Å². The molecule has 5 nitrogen and oxygen atoms in total. The molecule has 1 N–H and O–H groups in total. The number of halogens is 1. The average molecular weight is 279 g/mol. The summed E-state index contributed by atoms with van der Waals surface area (Å²) in [5, 5.41) is 12.6. The van der Waals surface area contributed by atoms with Crippen LogP contribution in [0.5, 0.6) is 0 Å². The molecule has 7 heteroatoms. The number of carboxylic acids is 1. The summed E-state index contributed by atoms with van der Waals surface area (Å²) in [5.74, 6) is -0.929. The number of carbonyl (C=O) groups is 1. The lowest BCUT2D eigenvalue weighted by molar-refractivity contribution is -0.136. The fraction of sp³-hybridized carbons (Fsp3) is 0.600. The number of carboxylic acid groups (broad SMARTS) is 1. The summed E-state index contributed by atoms with van der Waals surface area (Å²) in [6.45, 7) is 3.45. The van der Waals surface area contributed by atoms with Crippen LogP contribution in [-0.4, -0.2) is 30.3 Å². The van der Waals surface area contributed by atoms with E-state index in [1.165, 1.54) is 0 Å². The van der Waals surface area contributed by atoms with Gasteiger partial charge < -0.3 is 5.11 Å². The molecule has 2 atom stereocenters. The maximum absolute atomic E-state index is 11.9. The highest BCUT2D eigenvalue weighted by atomic mass is 35.5. The Labute approximate surface area is 107 Å². The molecule has 0 aliphatic rings. The van der Waals surface area contributed by atoms with Crippen LogP contribution in [0, 0.1) is 6.92 Å². The number of hydrogen-bond acceptors (Lipinski definition) is 3. The molecule has 0 aromatic carbocycles. The third-order valence-corrected chi connectivity index (χ3v) is 4.72. The molecule has 0 saturated carbocycles. The maximum Gasteiger partial charge on any atom is 0.319 e. The standard InChI is InChI=1S/C10H15ClN2O3S/c1-4-8(10(14)15)17(16)5-7-9(11)6(2)12-13(7)3/h8H,4-5H2,1-3H3,(H,14,15). The second-order valence-corrected chi connectivity index (χ2v) is 5.73. The van der Waals surface area contributed by atoms with E-state index in [4.69, 9.17) is 16.7 Å². The number of aliphatic carboxylic acids is 1. The lowest BCUT2D eigenvalue weighted by atomic mass is 10.3. The molecule has 96 valence electrons. The van der Waals surface area contributed by atoms with Crippen molar-refractivity contribution in [2.75, 3.05) is 0 Å². The van der Waals surface area contributed by atoms with Crippen molar-refractivity contribution in [2.45, 2.75) is 31.3 Å². The quantitative estimate of drug-likeness (QED) is 0.886. The van der Waals surface area contributed by atoms with Crippen molar-refractivity contribution in [3.8, 4) is 0 Å². The lowest BCUT2D eigenvalue weighted by Crippen LogP contribution is -2.26. The van der Waals surface area contributed by atoms with Crippen molar-refractivity contribution in [3.05, 3.63) is 16.4 Å². The van der Waals surface area contributed by atoms with Gasteiger partial charge in [-0.1, -0.05) is 18.5 Å². The molecule has 0 amide bonds. The highest BCUT2D eigenvalue weighted by molar-refractivity contribution is 7.85. The van der Waals surface area contributed by atoms with E-state index >= 15 is 0 Å². The molecule has 0 radical (unpaired) electrons. The number of aromatic nitrogens is 2. The van der Waals surface area contributed by atoms with E-state index in [-0.39, 0.29) is 5.75 Å². The van der Waals surface area contributed by atoms with Gasteiger partial charge in [-0.3, -0.25) is 13.7 Å². The first-order chi connectivity index (χ1) is 7.88. The lowest BCUT2D eigenvalue weighted by Gasteiger charge is -2.10. The van der Waals surface area contributed by atoms with Gasteiger partial charge >= 0.3 is 5.97 Å². The van der Waals surface area contributed by atoms with E-state index in [1.807, 2.05) is 0 Å². The largest absolute Gasteiger partial charge is 0.480 e. The molecule has 0 saturated heterocycles. The minimum Gasteiger partial charge on any atom is -0.480 e. The van der Waals surface area contributed by atoms with Crippen molar-refractivity contribution < 1.29 is 14.1 Å². The van der Waals surface area contributed by atoms with Gasteiger partial charge in [0.1, 0.15) is 5.25 Å². The Morgan fingerprint density at radius 3 is 2.59 bits per heavy atom. The first-order valence-corrected chi connectivity index (χ1v) is 6.92. The molecular weight excluding hydrogens is 264 g/mol. The second-order valence-electron chi connectivity index (χ2n) is 3.73. The van der Waals surface area contributed by atoms with Crippen molar-refractivity contribution >= 4 is 28.4 Å². The summed E-state index contributed by atoms with van der Waals surface area (Å²) in [5.41, 5.74) is 1.27. The summed E-state index contributed by atoms with van der Waals surface area (Å²) in [6, 6.07) is 0. The smallest absolute Gasteiger partial charge is 0.319 e. The number of rotatable bonds is 5. The highest BCUT2D eigenvalue weighted by Crippen LogP contribution is 2.22. The average Bonchev–Trinajstić information content (AvgIpc) is 2.45. The van der Waals surface area contributed by atoms with Gasteiger partial charge in [0, 0.05) is 17.8 Å².